The molecule has 9 nitrogen and oxygen atoms in total. The summed E-state index contributed by atoms with van der Waals surface area (Å²) in [5.74, 6) is -0.144. The van der Waals surface area contributed by atoms with E-state index in [9.17, 15) is 13.2 Å². The van der Waals surface area contributed by atoms with Gasteiger partial charge in [0.25, 0.3) is 5.91 Å². The fourth-order valence-electron chi connectivity index (χ4n) is 3.16. The highest BCUT2D eigenvalue weighted by atomic mass is 32.2. The fraction of sp³-hybridized carbons (Fsp3) is 0.263. The number of morpholine rings is 1. The molecular formula is C19H20N4O5S. The normalized spacial score (nSPS) is 15.3. The Bertz CT molecular complexity index is 1150. The van der Waals surface area contributed by atoms with Crippen molar-refractivity contribution in [3.63, 3.8) is 0 Å². The highest BCUT2D eigenvalue weighted by molar-refractivity contribution is 7.89. The van der Waals surface area contributed by atoms with E-state index in [1.807, 2.05) is 0 Å². The number of aromatic nitrogens is 2. The van der Waals surface area contributed by atoms with Crippen molar-refractivity contribution in [2.75, 3.05) is 38.7 Å². The summed E-state index contributed by atoms with van der Waals surface area (Å²) in [6.45, 7) is 1.22. The van der Waals surface area contributed by atoms with Crippen LogP contribution in [0.25, 0.3) is 11.0 Å². The topological polar surface area (TPSA) is 114 Å². The second-order valence-electron chi connectivity index (χ2n) is 6.47. The average Bonchev–Trinajstić information content (AvgIpc) is 3.22. The lowest BCUT2D eigenvalue weighted by molar-refractivity contribution is 0.0729. The first kappa shape index (κ1) is 19.4. The maximum atomic E-state index is 13.1. The first-order valence-electron chi connectivity index (χ1n) is 8.99. The van der Waals surface area contributed by atoms with Crippen LogP contribution in [0.3, 0.4) is 0 Å². The standard InChI is InChI=1S/C19H20N4O5S/c1-27-17-5-3-14(11-18(17)29(25,26)23-6-8-28-9-7-23)22-19(24)13-2-4-15-16(10-13)21-12-20-15/h2-5,10-12H,6-9H2,1H3,(H,20,21)(H,22,24). The van der Waals surface area contributed by atoms with Gasteiger partial charge >= 0.3 is 0 Å². The van der Waals surface area contributed by atoms with Gasteiger partial charge in [-0.25, -0.2) is 13.4 Å². The zero-order valence-electron chi connectivity index (χ0n) is 15.7. The summed E-state index contributed by atoms with van der Waals surface area (Å²) in [4.78, 5) is 19.7. The Kier molecular flexibility index (Phi) is 5.22. The molecule has 1 aliphatic heterocycles. The Balaban J connectivity index is 1.62. The number of aromatic amines is 1. The van der Waals surface area contributed by atoms with Gasteiger partial charge in [-0.2, -0.15) is 4.31 Å². The zero-order chi connectivity index (χ0) is 20.4. The van der Waals surface area contributed by atoms with Crippen LogP contribution < -0.4 is 10.1 Å². The molecule has 0 saturated carbocycles. The lowest BCUT2D eigenvalue weighted by Gasteiger charge is -2.26. The van der Waals surface area contributed by atoms with E-state index >= 15 is 0 Å². The van der Waals surface area contributed by atoms with Crippen LogP contribution in [0.2, 0.25) is 0 Å². The molecular weight excluding hydrogens is 396 g/mol. The van der Waals surface area contributed by atoms with Gasteiger partial charge in [-0.15, -0.1) is 0 Å². The second kappa shape index (κ2) is 7.82. The number of nitrogens with one attached hydrogen (secondary N) is 2. The van der Waals surface area contributed by atoms with Crippen molar-refractivity contribution in [2.45, 2.75) is 4.90 Å². The summed E-state index contributed by atoms with van der Waals surface area (Å²) in [5, 5.41) is 2.75. The maximum Gasteiger partial charge on any atom is 0.255 e. The van der Waals surface area contributed by atoms with Gasteiger partial charge in [-0.05, 0) is 36.4 Å². The van der Waals surface area contributed by atoms with Gasteiger partial charge in [0.05, 0.1) is 37.7 Å². The van der Waals surface area contributed by atoms with Crippen LogP contribution in [0.15, 0.2) is 47.6 Å². The van der Waals surface area contributed by atoms with Crippen molar-refractivity contribution in [1.29, 1.82) is 0 Å². The predicted octanol–water partition coefficient (Wildman–Crippen LogP) is 1.84. The molecule has 0 atom stereocenters. The van der Waals surface area contributed by atoms with Crippen LogP contribution in [0.4, 0.5) is 5.69 Å². The number of H-pyrrole nitrogens is 1. The number of carbonyl (C=O) groups excluding carboxylic acids is 1. The lowest BCUT2D eigenvalue weighted by atomic mass is 10.2. The van der Waals surface area contributed by atoms with E-state index < -0.39 is 10.0 Å². The number of methoxy groups -OCH3 is 1. The maximum absolute atomic E-state index is 13.1. The van der Waals surface area contributed by atoms with E-state index in [4.69, 9.17) is 9.47 Å². The Labute approximate surface area is 167 Å². The summed E-state index contributed by atoms with van der Waals surface area (Å²) in [6.07, 6.45) is 1.55. The summed E-state index contributed by atoms with van der Waals surface area (Å²) in [6, 6.07) is 9.63. The number of nitrogens with zero attached hydrogens (tertiary/aromatic N) is 2. The van der Waals surface area contributed by atoms with Gasteiger partial charge in [0, 0.05) is 24.3 Å². The molecule has 1 saturated heterocycles. The predicted molar refractivity (Wildman–Crippen MR) is 107 cm³/mol. The van der Waals surface area contributed by atoms with Gasteiger partial charge in [0.1, 0.15) is 10.6 Å². The number of fused-ring (bicyclic) bond motifs is 1. The number of anilines is 1. The molecule has 1 aliphatic rings. The van der Waals surface area contributed by atoms with Gasteiger partial charge < -0.3 is 19.8 Å². The quantitative estimate of drug-likeness (QED) is 0.656. The summed E-state index contributed by atoms with van der Waals surface area (Å²) in [7, 11) is -2.38. The molecule has 1 amide bonds. The molecule has 0 aliphatic carbocycles. The number of imidazole rings is 1. The summed E-state index contributed by atoms with van der Waals surface area (Å²) < 4.78 is 38.0. The molecule has 3 aromatic rings. The van der Waals surface area contributed by atoms with E-state index in [1.54, 1.807) is 30.6 Å². The molecule has 10 heteroatoms. The zero-order valence-corrected chi connectivity index (χ0v) is 16.5. The van der Waals surface area contributed by atoms with E-state index in [2.05, 4.69) is 15.3 Å². The van der Waals surface area contributed by atoms with Crippen LogP contribution in [0, 0.1) is 0 Å². The Hall–Kier alpha value is -2.95. The third-order valence-electron chi connectivity index (χ3n) is 4.69. The molecule has 1 aromatic heterocycles. The highest BCUT2D eigenvalue weighted by Crippen LogP contribution is 2.30. The van der Waals surface area contributed by atoms with Crippen molar-refractivity contribution in [3.05, 3.63) is 48.3 Å². The number of sulfonamides is 1. The molecule has 2 heterocycles. The molecule has 0 bridgehead atoms. The van der Waals surface area contributed by atoms with Gasteiger partial charge in [-0.3, -0.25) is 4.79 Å². The van der Waals surface area contributed by atoms with Crippen LogP contribution in [0.5, 0.6) is 5.75 Å². The molecule has 0 unspecified atom stereocenters. The largest absolute Gasteiger partial charge is 0.495 e. The SMILES string of the molecule is COc1ccc(NC(=O)c2ccc3nc[nH]c3c2)cc1S(=O)(=O)N1CCOCC1. The first-order valence-corrected chi connectivity index (χ1v) is 10.4. The van der Waals surface area contributed by atoms with E-state index in [0.29, 0.717) is 24.5 Å². The number of ether oxygens (including phenoxy) is 2. The minimum Gasteiger partial charge on any atom is -0.495 e. The second-order valence-corrected chi connectivity index (χ2v) is 8.38. The third kappa shape index (κ3) is 3.82. The summed E-state index contributed by atoms with van der Waals surface area (Å²) in [5.41, 5.74) is 2.27. The average molecular weight is 416 g/mol. The monoisotopic (exact) mass is 416 g/mol. The van der Waals surface area contributed by atoms with Gasteiger partial charge in [-0.1, -0.05) is 0 Å². The van der Waals surface area contributed by atoms with E-state index in [0.717, 1.165) is 11.0 Å². The Morgan fingerprint density at radius 3 is 2.76 bits per heavy atom. The molecule has 4 rings (SSSR count). The van der Waals surface area contributed by atoms with E-state index in [1.165, 1.54) is 23.5 Å². The summed E-state index contributed by atoms with van der Waals surface area (Å²) >= 11 is 0. The molecule has 152 valence electrons. The smallest absolute Gasteiger partial charge is 0.255 e. The molecule has 1 fully saturated rings. The minimum absolute atomic E-state index is 0.00344. The van der Waals surface area contributed by atoms with Crippen molar-refractivity contribution < 1.29 is 22.7 Å². The number of carbonyl (C=O) groups is 1. The van der Waals surface area contributed by atoms with Crippen molar-refractivity contribution >= 4 is 32.7 Å². The number of rotatable bonds is 5. The van der Waals surface area contributed by atoms with Crippen molar-refractivity contribution in [3.8, 4) is 5.75 Å². The van der Waals surface area contributed by atoms with Crippen molar-refractivity contribution in [1.82, 2.24) is 14.3 Å². The highest BCUT2D eigenvalue weighted by Gasteiger charge is 2.29. The molecule has 0 spiro atoms. The number of benzene rings is 2. The fourth-order valence-corrected chi connectivity index (χ4v) is 4.75. The van der Waals surface area contributed by atoms with Gasteiger partial charge in [0.15, 0.2) is 0 Å². The van der Waals surface area contributed by atoms with Gasteiger partial charge in [0.2, 0.25) is 10.0 Å². The molecule has 0 radical (unpaired) electrons. The number of amides is 1. The third-order valence-corrected chi connectivity index (χ3v) is 6.61. The lowest BCUT2D eigenvalue weighted by Crippen LogP contribution is -2.40. The van der Waals surface area contributed by atoms with Crippen LogP contribution in [-0.2, 0) is 14.8 Å². The van der Waals surface area contributed by atoms with E-state index in [-0.39, 0.29) is 29.6 Å². The minimum atomic E-state index is -3.79. The Morgan fingerprint density at radius 2 is 2.00 bits per heavy atom. The van der Waals surface area contributed by atoms with Crippen LogP contribution >= 0.6 is 0 Å². The number of hydrogen-bond donors (Lipinski definition) is 2. The van der Waals surface area contributed by atoms with Crippen LogP contribution in [0.1, 0.15) is 10.4 Å². The molecule has 29 heavy (non-hydrogen) atoms. The molecule has 2 N–H and O–H groups in total. The van der Waals surface area contributed by atoms with Crippen molar-refractivity contribution in [2.24, 2.45) is 0 Å². The number of hydrogen-bond acceptors (Lipinski definition) is 6. The van der Waals surface area contributed by atoms with Crippen LogP contribution in [-0.4, -0.2) is 62.0 Å². The Morgan fingerprint density at radius 1 is 1.21 bits per heavy atom. The molecule has 2 aromatic carbocycles. The first-order chi connectivity index (χ1) is 14.0.